The molecule has 1 saturated heterocycles. The Balaban J connectivity index is 1.33. The van der Waals surface area contributed by atoms with Crippen LogP contribution in [0.1, 0.15) is 53.0 Å². The number of hydrogen-bond acceptors (Lipinski definition) is 4. The first-order valence-electron chi connectivity index (χ1n) is 11.8. The normalized spacial score (nSPS) is 16.5. The minimum absolute atomic E-state index is 0.0108. The summed E-state index contributed by atoms with van der Waals surface area (Å²) in [6.45, 7) is 5.48. The van der Waals surface area contributed by atoms with E-state index in [0.717, 1.165) is 35.4 Å². The molecule has 0 bridgehead atoms. The quantitative estimate of drug-likeness (QED) is 0.558. The van der Waals surface area contributed by atoms with Crippen molar-refractivity contribution in [1.82, 2.24) is 15.2 Å². The molecule has 34 heavy (non-hydrogen) atoms. The lowest BCUT2D eigenvalue weighted by Gasteiger charge is -2.32. The number of aryl methyl sites for hydroxylation is 1. The average Bonchev–Trinajstić information content (AvgIpc) is 2.88. The highest BCUT2D eigenvalue weighted by atomic mass is 16.5. The van der Waals surface area contributed by atoms with Crippen molar-refractivity contribution in [3.8, 4) is 5.75 Å². The molecule has 0 aliphatic carbocycles. The summed E-state index contributed by atoms with van der Waals surface area (Å²) in [4.78, 5) is 32.0. The number of nitrogens with zero attached hydrogens (tertiary/aromatic N) is 2. The predicted molar refractivity (Wildman–Crippen MR) is 131 cm³/mol. The summed E-state index contributed by atoms with van der Waals surface area (Å²) in [5.74, 6) is 0.489. The van der Waals surface area contributed by atoms with Crippen LogP contribution < -0.4 is 10.1 Å². The molecule has 1 aromatic heterocycles. The van der Waals surface area contributed by atoms with E-state index in [4.69, 9.17) is 4.74 Å². The van der Waals surface area contributed by atoms with Crippen molar-refractivity contribution >= 4 is 11.8 Å². The molecule has 2 atom stereocenters. The third-order valence-corrected chi connectivity index (χ3v) is 6.21. The Morgan fingerprint density at radius 2 is 1.94 bits per heavy atom. The van der Waals surface area contributed by atoms with Gasteiger partial charge in [0.1, 0.15) is 12.4 Å². The van der Waals surface area contributed by atoms with Gasteiger partial charge in [-0.1, -0.05) is 35.9 Å². The number of benzene rings is 2. The first kappa shape index (κ1) is 23.5. The third-order valence-electron chi connectivity index (χ3n) is 6.21. The lowest BCUT2D eigenvalue weighted by atomic mass is 9.95. The van der Waals surface area contributed by atoms with E-state index >= 15 is 0 Å². The number of nitrogens with one attached hydrogen (secondary N) is 1. The van der Waals surface area contributed by atoms with Gasteiger partial charge in [-0.25, -0.2) is 0 Å². The lowest BCUT2D eigenvalue weighted by molar-refractivity contribution is -0.127. The third kappa shape index (κ3) is 6.01. The van der Waals surface area contributed by atoms with Gasteiger partial charge in [0, 0.05) is 24.8 Å². The molecule has 2 unspecified atom stereocenters. The first-order valence-corrected chi connectivity index (χ1v) is 11.8. The van der Waals surface area contributed by atoms with Crippen LogP contribution in [-0.4, -0.2) is 34.8 Å². The smallest absolute Gasteiger partial charge is 0.253 e. The standard InChI is InChI=1S/C28H31N3O3/c1-20-11-13-22(14-12-20)28(33)31-16-6-8-24(18-31)27(32)30-21(2)23-7-5-10-26(17-23)34-19-25-9-3-4-15-29-25/h3-5,7,9-15,17,21,24H,6,8,16,18-19H2,1-2H3,(H,30,32). The zero-order chi connectivity index (χ0) is 23.9. The fraction of sp³-hybridized carbons (Fsp3) is 0.321. The van der Waals surface area contributed by atoms with Gasteiger partial charge in [-0.15, -0.1) is 0 Å². The summed E-state index contributed by atoms with van der Waals surface area (Å²) in [6, 6.07) is 20.9. The lowest BCUT2D eigenvalue weighted by Crippen LogP contribution is -2.45. The van der Waals surface area contributed by atoms with Gasteiger partial charge in [-0.3, -0.25) is 14.6 Å². The molecule has 2 amide bonds. The highest BCUT2D eigenvalue weighted by Gasteiger charge is 2.29. The highest BCUT2D eigenvalue weighted by Crippen LogP contribution is 2.23. The zero-order valence-corrected chi connectivity index (χ0v) is 19.7. The Morgan fingerprint density at radius 1 is 1.12 bits per heavy atom. The summed E-state index contributed by atoms with van der Waals surface area (Å²) in [5, 5.41) is 3.13. The summed E-state index contributed by atoms with van der Waals surface area (Å²) < 4.78 is 5.87. The zero-order valence-electron chi connectivity index (χ0n) is 19.7. The van der Waals surface area contributed by atoms with Crippen LogP contribution in [0, 0.1) is 12.8 Å². The molecule has 1 N–H and O–H groups in total. The number of piperidine rings is 1. The number of likely N-dealkylation sites (tertiary alicyclic amines) is 1. The molecule has 1 fully saturated rings. The molecule has 6 nitrogen and oxygen atoms in total. The second kappa shape index (κ2) is 11.0. The second-order valence-corrected chi connectivity index (χ2v) is 8.87. The van der Waals surface area contributed by atoms with Crippen LogP contribution in [0.15, 0.2) is 72.9 Å². The minimum Gasteiger partial charge on any atom is -0.487 e. The van der Waals surface area contributed by atoms with E-state index in [1.807, 2.05) is 80.6 Å². The number of aromatic nitrogens is 1. The summed E-state index contributed by atoms with van der Waals surface area (Å²) >= 11 is 0. The summed E-state index contributed by atoms with van der Waals surface area (Å²) in [5.41, 5.74) is 3.61. The Hall–Kier alpha value is -3.67. The fourth-order valence-corrected chi connectivity index (χ4v) is 4.18. The van der Waals surface area contributed by atoms with Crippen LogP contribution in [0.2, 0.25) is 0 Å². The van der Waals surface area contributed by atoms with Crippen LogP contribution in [0.25, 0.3) is 0 Å². The molecular formula is C28H31N3O3. The molecule has 2 aromatic carbocycles. The molecular weight excluding hydrogens is 426 g/mol. The first-order chi connectivity index (χ1) is 16.5. The second-order valence-electron chi connectivity index (χ2n) is 8.87. The van der Waals surface area contributed by atoms with Crippen LogP contribution in [-0.2, 0) is 11.4 Å². The van der Waals surface area contributed by atoms with E-state index in [0.29, 0.717) is 25.3 Å². The molecule has 3 aromatic rings. The summed E-state index contributed by atoms with van der Waals surface area (Å²) in [7, 11) is 0. The predicted octanol–water partition coefficient (Wildman–Crippen LogP) is 4.70. The van der Waals surface area contributed by atoms with E-state index < -0.39 is 0 Å². The van der Waals surface area contributed by atoms with Gasteiger partial charge in [0.05, 0.1) is 17.7 Å². The van der Waals surface area contributed by atoms with Crippen molar-refractivity contribution in [1.29, 1.82) is 0 Å². The van der Waals surface area contributed by atoms with Gasteiger partial charge in [-0.05, 0) is 68.7 Å². The molecule has 176 valence electrons. The fourth-order valence-electron chi connectivity index (χ4n) is 4.18. The average molecular weight is 458 g/mol. The molecule has 1 aliphatic heterocycles. The van der Waals surface area contributed by atoms with E-state index in [2.05, 4.69) is 10.3 Å². The van der Waals surface area contributed by atoms with Crippen molar-refractivity contribution in [2.75, 3.05) is 13.1 Å². The maximum absolute atomic E-state index is 13.0. The SMILES string of the molecule is Cc1ccc(C(=O)N2CCCC(C(=O)NC(C)c3cccc(OCc4ccccn4)c3)C2)cc1. The van der Waals surface area contributed by atoms with Crippen molar-refractivity contribution in [3.05, 3.63) is 95.3 Å². The van der Waals surface area contributed by atoms with E-state index in [-0.39, 0.29) is 23.8 Å². The maximum atomic E-state index is 13.0. The summed E-state index contributed by atoms with van der Waals surface area (Å²) in [6.07, 6.45) is 3.35. The van der Waals surface area contributed by atoms with Gasteiger partial charge in [-0.2, -0.15) is 0 Å². The van der Waals surface area contributed by atoms with Gasteiger partial charge in [0.25, 0.3) is 5.91 Å². The van der Waals surface area contributed by atoms with Crippen LogP contribution in [0.5, 0.6) is 5.75 Å². The largest absolute Gasteiger partial charge is 0.487 e. The van der Waals surface area contributed by atoms with Gasteiger partial charge in [0.15, 0.2) is 0 Å². The highest BCUT2D eigenvalue weighted by molar-refractivity contribution is 5.94. The molecule has 1 aliphatic rings. The van der Waals surface area contributed by atoms with E-state index in [9.17, 15) is 9.59 Å². The van der Waals surface area contributed by atoms with Crippen molar-refractivity contribution < 1.29 is 14.3 Å². The number of rotatable bonds is 7. The van der Waals surface area contributed by atoms with Crippen LogP contribution in [0.4, 0.5) is 0 Å². The Labute approximate surface area is 201 Å². The van der Waals surface area contributed by atoms with Crippen molar-refractivity contribution in [2.45, 2.75) is 39.3 Å². The van der Waals surface area contributed by atoms with E-state index in [1.54, 1.807) is 11.1 Å². The number of carbonyl (C=O) groups excluding carboxylic acids is 2. The molecule has 2 heterocycles. The topological polar surface area (TPSA) is 71.5 Å². The van der Waals surface area contributed by atoms with Crippen molar-refractivity contribution in [3.63, 3.8) is 0 Å². The molecule has 6 heteroatoms. The number of amides is 2. The van der Waals surface area contributed by atoms with Gasteiger partial charge >= 0.3 is 0 Å². The van der Waals surface area contributed by atoms with Crippen LogP contribution >= 0.6 is 0 Å². The number of pyridine rings is 1. The van der Waals surface area contributed by atoms with Crippen molar-refractivity contribution in [2.24, 2.45) is 5.92 Å². The van der Waals surface area contributed by atoms with Gasteiger partial charge in [0.2, 0.25) is 5.91 Å². The van der Waals surface area contributed by atoms with Crippen LogP contribution in [0.3, 0.4) is 0 Å². The molecule has 0 spiro atoms. The Bertz CT molecular complexity index is 1120. The van der Waals surface area contributed by atoms with E-state index in [1.165, 1.54) is 0 Å². The molecule has 0 radical (unpaired) electrons. The minimum atomic E-state index is -0.214. The number of carbonyl (C=O) groups is 2. The monoisotopic (exact) mass is 457 g/mol. The molecule has 0 saturated carbocycles. The number of ether oxygens (including phenoxy) is 1. The maximum Gasteiger partial charge on any atom is 0.253 e. The molecule has 4 rings (SSSR count). The van der Waals surface area contributed by atoms with Gasteiger partial charge < -0.3 is 15.0 Å². The Morgan fingerprint density at radius 3 is 2.71 bits per heavy atom. The Kier molecular flexibility index (Phi) is 7.58. The number of hydrogen-bond donors (Lipinski definition) is 1.